The topological polar surface area (TPSA) is 47.9 Å². The molecule has 4 nitrogen and oxygen atoms in total. The van der Waals surface area contributed by atoms with Crippen LogP contribution in [0.25, 0.3) is 0 Å². The van der Waals surface area contributed by atoms with Crippen LogP contribution in [0.2, 0.25) is 0 Å². The van der Waals surface area contributed by atoms with Crippen molar-refractivity contribution in [2.75, 3.05) is 19.8 Å². The van der Waals surface area contributed by atoms with Crippen LogP contribution in [0.4, 0.5) is 0 Å². The fourth-order valence-corrected chi connectivity index (χ4v) is 2.77. The number of rotatable bonds is 2. The summed E-state index contributed by atoms with van der Waals surface area (Å²) in [5, 5.41) is 10.3. The van der Waals surface area contributed by atoms with Crippen LogP contribution in [0.1, 0.15) is 24.5 Å². The van der Waals surface area contributed by atoms with Crippen molar-refractivity contribution in [3.8, 4) is 11.5 Å². The summed E-state index contributed by atoms with van der Waals surface area (Å²) in [7, 11) is 0. The predicted octanol–water partition coefficient (Wildman–Crippen LogP) is 2.95. The van der Waals surface area contributed by atoms with Crippen LogP contribution in [0.3, 0.4) is 0 Å². The molecular formula is C14H15BrO4. The molecule has 0 radical (unpaired) electrons. The highest BCUT2D eigenvalue weighted by Crippen LogP contribution is 2.41. The molecule has 1 aromatic rings. The van der Waals surface area contributed by atoms with Crippen molar-refractivity contribution in [2.45, 2.75) is 18.9 Å². The van der Waals surface area contributed by atoms with Gasteiger partial charge in [-0.3, -0.25) is 0 Å². The molecule has 0 aromatic heterocycles. The maximum Gasteiger partial charge on any atom is 0.175 e. The fraction of sp³-hybridized carbons (Fsp3) is 0.429. The predicted molar refractivity (Wildman–Crippen MR) is 73.4 cm³/mol. The molecule has 1 aromatic carbocycles. The molecule has 0 saturated carbocycles. The van der Waals surface area contributed by atoms with Crippen LogP contribution in [0, 0.1) is 0 Å². The Balaban J connectivity index is 1.94. The third-order valence-corrected chi connectivity index (χ3v) is 3.73. The van der Waals surface area contributed by atoms with E-state index in [0.717, 1.165) is 22.9 Å². The van der Waals surface area contributed by atoms with E-state index in [0.29, 0.717) is 37.1 Å². The molecule has 0 bridgehead atoms. The smallest absolute Gasteiger partial charge is 0.175 e. The SMILES string of the molecule is OC(C1=CCCO1)c1cc(Br)c2c(c1)OCCCO2. The lowest BCUT2D eigenvalue weighted by Crippen LogP contribution is -2.03. The molecule has 2 heterocycles. The Morgan fingerprint density at radius 2 is 1.95 bits per heavy atom. The van der Waals surface area contributed by atoms with Crippen LogP contribution in [0.15, 0.2) is 28.4 Å². The first kappa shape index (κ1) is 12.8. The van der Waals surface area contributed by atoms with Crippen molar-refractivity contribution in [1.82, 2.24) is 0 Å². The highest BCUT2D eigenvalue weighted by atomic mass is 79.9. The number of ether oxygens (including phenoxy) is 3. The van der Waals surface area contributed by atoms with Crippen LogP contribution in [0.5, 0.6) is 11.5 Å². The van der Waals surface area contributed by atoms with Gasteiger partial charge in [0.2, 0.25) is 0 Å². The van der Waals surface area contributed by atoms with Gasteiger partial charge in [-0.25, -0.2) is 0 Å². The van der Waals surface area contributed by atoms with Crippen molar-refractivity contribution < 1.29 is 19.3 Å². The van der Waals surface area contributed by atoms with E-state index in [1.165, 1.54) is 0 Å². The highest BCUT2D eigenvalue weighted by molar-refractivity contribution is 9.10. The Kier molecular flexibility index (Phi) is 3.66. The molecule has 102 valence electrons. The van der Waals surface area contributed by atoms with E-state index in [2.05, 4.69) is 15.9 Å². The second-order valence-corrected chi connectivity index (χ2v) is 5.38. The van der Waals surface area contributed by atoms with E-state index in [-0.39, 0.29) is 0 Å². The van der Waals surface area contributed by atoms with Crippen LogP contribution >= 0.6 is 15.9 Å². The van der Waals surface area contributed by atoms with Gasteiger partial charge in [-0.2, -0.15) is 0 Å². The van der Waals surface area contributed by atoms with Gasteiger partial charge in [-0.15, -0.1) is 0 Å². The van der Waals surface area contributed by atoms with Gasteiger partial charge in [0.1, 0.15) is 11.9 Å². The average molecular weight is 327 g/mol. The van der Waals surface area contributed by atoms with E-state index >= 15 is 0 Å². The van der Waals surface area contributed by atoms with Gasteiger partial charge in [-0.05, 0) is 39.7 Å². The maximum absolute atomic E-state index is 10.3. The van der Waals surface area contributed by atoms with Crippen molar-refractivity contribution in [3.05, 3.63) is 34.0 Å². The summed E-state index contributed by atoms with van der Waals surface area (Å²) >= 11 is 3.47. The molecule has 0 spiro atoms. The molecule has 0 amide bonds. The minimum atomic E-state index is -0.754. The number of fused-ring (bicyclic) bond motifs is 1. The summed E-state index contributed by atoms with van der Waals surface area (Å²) in [4.78, 5) is 0. The molecule has 19 heavy (non-hydrogen) atoms. The zero-order valence-electron chi connectivity index (χ0n) is 10.4. The van der Waals surface area contributed by atoms with Gasteiger partial charge in [0.05, 0.1) is 24.3 Å². The lowest BCUT2D eigenvalue weighted by atomic mass is 10.1. The van der Waals surface area contributed by atoms with Crippen molar-refractivity contribution in [3.63, 3.8) is 0 Å². The van der Waals surface area contributed by atoms with Crippen LogP contribution < -0.4 is 9.47 Å². The molecule has 1 unspecified atom stereocenters. The molecule has 2 aliphatic heterocycles. The van der Waals surface area contributed by atoms with Gasteiger partial charge >= 0.3 is 0 Å². The Hall–Kier alpha value is -1.20. The third-order valence-electron chi connectivity index (χ3n) is 3.14. The van der Waals surface area contributed by atoms with Crippen LogP contribution in [-0.4, -0.2) is 24.9 Å². The number of hydrogen-bond acceptors (Lipinski definition) is 4. The Morgan fingerprint density at radius 3 is 2.74 bits per heavy atom. The van der Waals surface area contributed by atoms with Crippen molar-refractivity contribution >= 4 is 15.9 Å². The average Bonchev–Trinajstić information content (AvgIpc) is 2.83. The molecule has 2 aliphatic rings. The standard InChI is InChI=1S/C14H15BrO4/c15-10-7-9(13(16)11-3-1-4-17-11)8-12-14(10)19-6-2-5-18-12/h3,7-8,13,16H,1-2,4-6H2. The second-order valence-electron chi connectivity index (χ2n) is 4.53. The van der Waals surface area contributed by atoms with Gasteiger partial charge in [0, 0.05) is 12.8 Å². The summed E-state index contributed by atoms with van der Waals surface area (Å²) in [5.74, 6) is 1.98. The van der Waals surface area contributed by atoms with Crippen molar-refractivity contribution in [1.29, 1.82) is 0 Å². The maximum atomic E-state index is 10.3. The monoisotopic (exact) mass is 326 g/mol. The first-order valence-electron chi connectivity index (χ1n) is 6.35. The number of halogens is 1. The fourth-order valence-electron chi connectivity index (χ4n) is 2.20. The summed E-state index contributed by atoms with van der Waals surface area (Å²) in [6, 6.07) is 3.67. The molecule has 0 saturated heterocycles. The zero-order chi connectivity index (χ0) is 13.2. The van der Waals surface area contributed by atoms with E-state index in [9.17, 15) is 5.11 Å². The molecular weight excluding hydrogens is 312 g/mol. The highest BCUT2D eigenvalue weighted by Gasteiger charge is 2.22. The molecule has 0 aliphatic carbocycles. The van der Waals surface area contributed by atoms with E-state index in [1.54, 1.807) is 0 Å². The van der Waals surface area contributed by atoms with E-state index in [4.69, 9.17) is 14.2 Å². The van der Waals surface area contributed by atoms with Gasteiger partial charge in [0.15, 0.2) is 11.5 Å². The molecule has 5 heteroatoms. The number of aliphatic hydroxyl groups is 1. The Bertz CT molecular complexity index is 512. The molecule has 0 fully saturated rings. The first-order valence-corrected chi connectivity index (χ1v) is 7.15. The minimum absolute atomic E-state index is 0.612. The molecule has 1 atom stereocenters. The number of benzene rings is 1. The van der Waals surface area contributed by atoms with E-state index in [1.807, 2.05) is 18.2 Å². The summed E-state index contributed by atoms with van der Waals surface area (Å²) in [6.45, 7) is 1.90. The van der Waals surface area contributed by atoms with Crippen LogP contribution in [-0.2, 0) is 4.74 Å². The van der Waals surface area contributed by atoms with Crippen molar-refractivity contribution in [2.24, 2.45) is 0 Å². The first-order chi connectivity index (χ1) is 9.25. The normalized spacial score (nSPS) is 19.4. The van der Waals surface area contributed by atoms with Gasteiger partial charge < -0.3 is 19.3 Å². The molecule has 1 N–H and O–H groups in total. The zero-order valence-corrected chi connectivity index (χ0v) is 12.0. The lowest BCUT2D eigenvalue weighted by Gasteiger charge is -2.16. The second kappa shape index (κ2) is 5.43. The third kappa shape index (κ3) is 2.58. The Labute approximate surface area is 120 Å². The summed E-state index contributed by atoms with van der Waals surface area (Å²) < 4.78 is 17.5. The minimum Gasteiger partial charge on any atom is -0.495 e. The molecule has 3 rings (SSSR count). The quantitative estimate of drug-likeness (QED) is 0.907. The number of aliphatic hydroxyl groups excluding tert-OH is 1. The lowest BCUT2D eigenvalue weighted by molar-refractivity contribution is 0.118. The van der Waals surface area contributed by atoms with Gasteiger partial charge in [0.25, 0.3) is 0 Å². The van der Waals surface area contributed by atoms with Gasteiger partial charge in [-0.1, -0.05) is 0 Å². The van der Waals surface area contributed by atoms with E-state index < -0.39 is 6.10 Å². The largest absolute Gasteiger partial charge is 0.495 e. The number of hydrogen-bond donors (Lipinski definition) is 1. The summed E-state index contributed by atoms with van der Waals surface area (Å²) in [5.41, 5.74) is 0.740. The summed E-state index contributed by atoms with van der Waals surface area (Å²) in [6.07, 6.45) is 2.86. The Morgan fingerprint density at radius 1 is 1.11 bits per heavy atom.